The van der Waals surface area contributed by atoms with E-state index in [0.717, 1.165) is 0 Å². The number of carbonyl (C=O) groups excluding carboxylic acids is 1. The van der Waals surface area contributed by atoms with Gasteiger partial charge in [-0.05, 0) is 30.7 Å². The standard InChI is InChI=1S/C15H20FNO4/c1-19-9-14(18)17-8-7-15(10-17,20-2)11-21-13-5-3-12(16)4-6-13/h3-6H,7-11H2,1-2H3/t15-/m0/s1. The summed E-state index contributed by atoms with van der Waals surface area (Å²) in [5.74, 6) is 0.216. The zero-order valence-corrected chi connectivity index (χ0v) is 12.3. The molecule has 0 radical (unpaired) electrons. The molecular formula is C15H20FNO4. The monoisotopic (exact) mass is 297 g/mol. The van der Waals surface area contributed by atoms with Crippen LogP contribution >= 0.6 is 0 Å². The summed E-state index contributed by atoms with van der Waals surface area (Å²) in [5.41, 5.74) is -0.530. The van der Waals surface area contributed by atoms with Crippen molar-refractivity contribution in [3.05, 3.63) is 30.1 Å². The fourth-order valence-corrected chi connectivity index (χ4v) is 2.36. The fraction of sp³-hybridized carbons (Fsp3) is 0.533. The Hall–Kier alpha value is -1.66. The maximum atomic E-state index is 12.8. The third kappa shape index (κ3) is 3.92. The summed E-state index contributed by atoms with van der Waals surface area (Å²) in [4.78, 5) is 13.5. The van der Waals surface area contributed by atoms with E-state index in [2.05, 4.69) is 0 Å². The quantitative estimate of drug-likeness (QED) is 0.798. The number of amides is 1. The van der Waals surface area contributed by atoms with Crippen LogP contribution in [0.5, 0.6) is 5.75 Å². The summed E-state index contributed by atoms with van der Waals surface area (Å²) < 4.78 is 28.9. The number of methoxy groups -OCH3 is 2. The number of benzene rings is 1. The lowest BCUT2D eigenvalue weighted by Crippen LogP contribution is -2.43. The third-order valence-corrected chi connectivity index (χ3v) is 3.69. The van der Waals surface area contributed by atoms with Gasteiger partial charge in [-0.3, -0.25) is 4.79 Å². The maximum absolute atomic E-state index is 12.8. The summed E-state index contributed by atoms with van der Waals surface area (Å²) in [6, 6.07) is 5.83. The van der Waals surface area contributed by atoms with E-state index in [1.807, 2.05) is 0 Å². The zero-order valence-electron chi connectivity index (χ0n) is 12.3. The van der Waals surface area contributed by atoms with Gasteiger partial charge in [0.15, 0.2) is 0 Å². The highest BCUT2D eigenvalue weighted by Crippen LogP contribution is 2.26. The minimum Gasteiger partial charge on any atom is -0.491 e. The maximum Gasteiger partial charge on any atom is 0.248 e. The highest BCUT2D eigenvalue weighted by Gasteiger charge is 2.41. The second kappa shape index (κ2) is 6.87. The largest absolute Gasteiger partial charge is 0.491 e. The molecule has 0 aromatic heterocycles. The molecule has 1 amide bonds. The molecule has 2 rings (SSSR count). The molecule has 1 saturated heterocycles. The SMILES string of the molecule is COCC(=O)N1CC[C@](COc2ccc(F)cc2)(OC)C1. The minimum absolute atomic E-state index is 0.0572. The van der Waals surface area contributed by atoms with Gasteiger partial charge >= 0.3 is 0 Å². The first-order valence-corrected chi connectivity index (χ1v) is 6.79. The summed E-state index contributed by atoms with van der Waals surface area (Å²) >= 11 is 0. The Balaban J connectivity index is 1.93. The van der Waals surface area contributed by atoms with E-state index < -0.39 is 5.60 Å². The highest BCUT2D eigenvalue weighted by atomic mass is 19.1. The number of likely N-dealkylation sites (tertiary alicyclic amines) is 1. The van der Waals surface area contributed by atoms with E-state index in [-0.39, 0.29) is 18.3 Å². The molecule has 5 nitrogen and oxygen atoms in total. The Kier molecular flexibility index (Phi) is 5.14. The van der Waals surface area contributed by atoms with Crippen molar-refractivity contribution in [1.82, 2.24) is 4.90 Å². The molecule has 0 bridgehead atoms. The number of hydrogen-bond donors (Lipinski definition) is 0. The number of carbonyl (C=O) groups is 1. The second-order valence-corrected chi connectivity index (χ2v) is 5.13. The van der Waals surface area contributed by atoms with Gasteiger partial charge in [0, 0.05) is 20.8 Å². The van der Waals surface area contributed by atoms with Gasteiger partial charge in [0.2, 0.25) is 5.91 Å². The van der Waals surface area contributed by atoms with E-state index in [1.54, 1.807) is 24.1 Å². The molecule has 0 N–H and O–H groups in total. The second-order valence-electron chi connectivity index (χ2n) is 5.13. The van der Waals surface area contributed by atoms with E-state index in [1.165, 1.54) is 19.2 Å². The molecule has 1 aliphatic rings. The first-order chi connectivity index (χ1) is 10.1. The topological polar surface area (TPSA) is 48.0 Å². The molecule has 21 heavy (non-hydrogen) atoms. The molecule has 1 aromatic carbocycles. The molecule has 0 saturated carbocycles. The van der Waals surface area contributed by atoms with Crippen LogP contribution in [0.25, 0.3) is 0 Å². The number of nitrogens with zero attached hydrogens (tertiary/aromatic N) is 1. The lowest BCUT2D eigenvalue weighted by Gasteiger charge is -2.27. The molecule has 6 heteroatoms. The van der Waals surface area contributed by atoms with Crippen LogP contribution in [-0.2, 0) is 14.3 Å². The molecule has 1 fully saturated rings. The van der Waals surface area contributed by atoms with Gasteiger partial charge in [-0.1, -0.05) is 0 Å². The van der Waals surface area contributed by atoms with Crippen LogP contribution in [0.2, 0.25) is 0 Å². The molecule has 1 heterocycles. The lowest BCUT2D eigenvalue weighted by atomic mass is 10.0. The van der Waals surface area contributed by atoms with Crippen LogP contribution in [-0.4, -0.2) is 56.9 Å². The van der Waals surface area contributed by atoms with Gasteiger partial charge in [0.1, 0.15) is 30.4 Å². The average Bonchev–Trinajstić information content (AvgIpc) is 2.92. The molecule has 0 aliphatic carbocycles. The van der Waals surface area contributed by atoms with Crippen LogP contribution in [0.4, 0.5) is 4.39 Å². The van der Waals surface area contributed by atoms with Gasteiger partial charge in [-0.2, -0.15) is 0 Å². The first-order valence-electron chi connectivity index (χ1n) is 6.79. The molecule has 1 aromatic rings. The van der Waals surface area contributed by atoms with Crippen molar-refractivity contribution in [2.24, 2.45) is 0 Å². The Morgan fingerprint density at radius 2 is 2.05 bits per heavy atom. The van der Waals surface area contributed by atoms with Gasteiger partial charge in [0.05, 0.1) is 6.54 Å². The van der Waals surface area contributed by atoms with Crippen LogP contribution in [0.3, 0.4) is 0 Å². The Labute approximate surface area is 123 Å². The van der Waals surface area contributed by atoms with Crippen molar-refractivity contribution in [3.8, 4) is 5.75 Å². The van der Waals surface area contributed by atoms with E-state index in [9.17, 15) is 9.18 Å². The summed E-state index contributed by atoms with van der Waals surface area (Å²) in [5, 5.41) is 0. The Morgan fingerprint density at radius 1 is 1.33 bits per heavy atom. The van der Waals surface area contributed by atoms with E-state index >= 15 is 0 Å². The number of hydrogen-bond acceptors (Lipinski definition) is 4. The van der Waals surface area contributed by atoms with E-state index in [0.29, 0.717) is 31.9 Å². The Bertz CT molecular complexity index is 479. The van der Waals surface area contributed by atoms with Gasteiger partial charge in [-0.25, -0.2) is 4.39 Å². The summed E-state index contributed by atoms with van der Waals surface area (Å²) in [6.07, 6.45) is 0.695. The van der Waals surface area contributed by atoms with Crippen molar-refractivity contribution in [2.75, 3.05) is 40.5 Å². The number of ether oxygens (including phenoxy) is 3. The van der Waals surface area contributed by atoms with Gasteiger partial charge < -0.3 is 19.1 Å². The fourth-order valence-electron chi connectivity index (χ4n) is 2.36. The van der Waals surface area contributed by atoms with Crippen molar-refractivity contribution < 1.29 is 23.4 Å². The minimum atomic E-state index is -0.530. The van der Waals surface area contributed by atoms with Gasteiger partial charge in [-0.15, -0.1) is 0 Å². The first kappa shape index (κ1) is 15.7. The van der Waals surface area contributed by atoms with Crippen LogP contribution in [0, 0.1) is 5.82 Å². The summed E-state index contributed by atoms with van der Waals surface area (Å²) in [6.45, 7) is 1.46. The smallest absolute Gasteiger partial charge is 0.248 e. The molecule has 1 aliphatic heterocycles. The molecule has 1 atom stereocenters. The van der Waals surface area contributed by atoms with Crippen LogP contribution < -0.4 is 4.74 Å². The molecule has 0 spiro atoms. The third-order valence-electron chi connectivity index (χ3n) is 3.69. The van der Waals surface area contributed by atoms with Crippen LogP contribution in [0.1, 0.15) is 6.42 Å². The molecular weight excluding hydrogens is 277 g/mol. The van der Waals surface area contributed by atoms with Crippen molar-refractivity contribution in [2.45, 2.75) is 12.0 Å². The van der Waals surface area contributed by atoms with Crippen LogP contribution in [0.15, 0.2) is 24.3 Å². The summed E-state index contributed by atoms with van der Waals surface area (Å²) in [7, 11) is 3.10. The molecule has 0 unspecified atom stereocenters. The normalized spacial score (nSPS) is 21.6. The van der Waals surface area contributed by atoms with Crippen molar-refractivity contribution in [3.63, 3.8) is 0 Å². The predicted molar refractivity (Wildman–Crippen MR) is 74.7 cm³/mol. The zero-order chi connectivity index (χ0) is 15.3. The van der Waals surface area contributed by atoms with Crippen molar-refractivity contribution >= 4 is 5.91 Å². The predicted octanol–water partition coefficient (Wildman–Crippen LogP) is 1.47. The number of halogens is 1. The van der Waals surface area contributed by atoms with E-state index in [4.69, 9.17) is 14.2 Å². The van der Waals surface area contributed by atoms with Gasteiger partial charge in [0.25, 0.3) is 0 Å². The number of rotatable bonds is 6. The van der Waals surface area contributed by atoms with Crippen molar-refractivity contribution in [1.29, 1.82) is 0 Å². The Morgan fingerprint density at radius 3 is 2.67 bits per heavy atom. The molecule has 116 valence electrons. The lowest BCUT2D eigenvalue weighted by molar-refractivity contribution is -0.135. The highest BCUT2D eigenvalue weighted by molar-refractivity contribution is 5.77. The average molecular weight is 297 g/mol.